The second-order valence-corrected chi connectivity index (χ2v) is 5.97. The fourth-order valence-corrected chi connectivity index (χ4v) is 2.45. The lowest BCUT2D eigenvalue weighted by Crippen LogP contribution is -2.26. The highest BCUT2D eigenvalue weighted by Crippen LogP contribution is 2.20. The van der Waals surface area contributed by atoms with E-state index in [2.05, 4.69) is 0 Å². The van der Waals surface area contributed by atoms with Gasteiger partial charge in [-0.3, -0.25) is 14.9 Å². The highest BCUT2D eigenvalue weighted by atomic mass is 35.5. The highest BCUT2D eigenvalue weighted by molar-refractivity contribution is 6.30. The summed E-state index contributed by atoms with van der Waals surface area (Å²) in [7, 11) is 1.57. The van der Waals surface area contributed by atoms with Gasteiger partial charge in [-0.25, -0.2) is 4.79 Å². The Balaban J connectivity index is 2.29. The lowest BCUT2D eigenvalue weighted by atomic mass is 10.1. The lowest BCUT2D eigenvalue weighted by Gasteiger charge is -2.17. The van der Waals surface area contributed by atoms with E-state index in [1.165, 1.54) is 11.0 Å². The van der Waals surface area contributed by atoms with Crippen LogP contribution in [0, 0.1) is 10.1 Å². The zero-order valence-corrected chi connectivity index (χ0v) is 15.0. The molecule has 2 aromatic rings. The first-order valence-electron chi connectivity index (χ1n) is 7.78. The van der Waals surface area contributed by atoms with E-state index in [1.54, 1.807) is 38.2 Å². The number of hydrogen-bond donors (Lipinski definition) is 0. The number of carbonyl (C=O) groups is 2. The van der Waals surface area contributed by atoms with Crippen molar-refractivity contribution in [2.45, 2.75) is 13.5 Å². The molecular formula is C18H17ClN2O5. The summed E-state index contributed by atoms with van der Waals surface area (Å²) < 4.78 is 4.87. The van der Waals surface area contributed by atoms with Crippen molar-refractivity contribution in [3.05, 3.63) is 74.3 Å². The zero-order chi connectivity index (χ0) is 19.3. The van der Waals surface area contributed by atoms with Gasteiger partial charge in [0.25, 0.3) is 11.6 Å². The average Bonchev–Trinajstić information content (AvgIpc) is 2.62. The summed E-state index contributed by atoms with van der Waals surface area (Å²) in [4.78, 5) is 36.4. The Morgan fingerprint density at radius 2 is 1.77 bits per heavy atom. The molecule has 0 aliphatic heterocycles. The van der Waals surface area contributed by atoms with E-state index in [-0.39, 0.29) is 30.0 Å². The number of hydrogen-bond acceptors (Lipinski definition) is 5. The van der Waals surface area contributed by atoms with E-state index >= 15 is 0 Å². The zero-order valence-electron chi connectivity index (χ0n) is 14.3. The largest absolute Gasteiger partial charge is 0.462 e. The van der Waals surface area contributed by atoms with Crippen molar-refractivity contribution in [1.29, 1.82) is 0 Å². The third kappa shape index (κ3) is 4.80. The molecule has 2 rings (SSSR count). The first kappa shape index (κ1) is 19.4. The molecule has 26 heavy (non-hydrogen) atoms. The summed E-state index contributed by atoms with van der Waals surface area (Å²) in [5, 5.41) is 11.7. The first-order chi connectivity index (χ1) is 12.3. The Hall–Kier alpha value is -2.93. The highest BCUT2D eigenvalue weighted by Gasteiger charge is 2.20. The van der Waals surface area contributed by atoms with Crippen LogP contribution in [0.25, 0.3) is 0 Å². The molecule has 0 saturated heterocycles. The number of nitro benzene ring substituents is 1. The number of non-ortho nitro benzene ring substituents is 1. The molecule has 0 spiro atoms. The van der Waals surface area contributed by atoms with Crippen molar-refractivity contribution in [1.82, 2.24) is 4.90 Å². The van der Waals surface area contributed by atoms with Crippen LogP contribution < -0.4 is 0 Å². The summed E-state index contributed by atoms with van der Waals surface area (Å²) in [6.07, 6.45) is 0. The maximum absolute atomic E-state index is 12.6. The van der Waals surface area contributed by atoms with Crippen molar-refractivity contribution >= 4 is 29.2 Å². The normalized spacial score (nSPS) is 10.3. The van der Waals surface area contributed by atoms with Crippen molar-refractivity contribution < 1.29 is 19.2 Å². The molecule has 0 aromatic heterocycles. The van der Waals surface area contributed by atoms with Crippen LogP contribution in [0.2, 0.25) is 5.02 Å². The molecule has 8 heteroatoms. The van der Waals surface area contributed by atoms with Gasteiger partial charge in [0.05, 0.1) is 17.1 Å². The van der Waals surface area contributed by atoms with Crippen molar-refractivity contribution in [3.8, 4) is 0 Å². The Kier molecular flexibility index (Phi) is 6.30. The van der Waals surface area contributed by atoms with Crippen LogP contribution in [0.3, 0.4) is 0 Å². The van der Waals surface area contributed by atoms with E-state index in [9.17, 15) is 19.7 Å². The van der Waals surface area contributed by atoms with Crippen LogP contribution in [-0.4, -0.2) is 35.4 Å². The van der Waals surface area contributed by atoms with E-state index in [0.29, 0.717) is 5.02 Å². The number of ether oxygens (including phenoxy) is 1. The molecule has 0 fully saturated rings. The second kappa shape index (κ2) is 8.44. The predicted molar refractivity (Wildman–Crippen MR) is 96.3 cm³/mol. The van der Waals surface area contributed by atoms with Gasteiger partial charge in [0, 0.05) is 36.3 Å². The summed E-state index contributed by atoms with van der Waals surface area (Å²) in [6.45, 7) is 2.04. The fraction of sp³-hybridized carbons (Fsp3) is 0.222. The maximum atomic E-state index is 12.6. The number of nitrogens with zero attached hydrogens (tertiary/aromatic N) is 2. The summed E-state index contributed by atoms with van der Waals surface area (Å²) >= 11 is 5.84. The molecule has 1 amide bonds. The van der Waals surface area contributed by atoms with Gasteiger partial charge in [0.15, 0.2) is 0 Å². The number of halogens is 1. The van der Waals surface area contributed by atoms with Gasteiger partial charge in [0.1, 0.15) is 0 Å². The third-order valence-electron chi connectivity index (χ3n) is 3.57. The Morgan fingerprint density at radius 3 is 2.35 bits per heavy atom. The maximum Gasteiger partial charge on any atom is 0.338 e. The minimum absolute atomic E-state index is 0.0377. The van der Waals surface area contributed by atoms with E-state index in [0.717, 1.165) is 17.7 Å². The van der Waals surface area contributed by atoms with Crippen molar-refractivity contribution in [3.63, 3.8) is 0 Å². The number of benzene rings is 2. The number of rotatable bonds is 6. The Labute approximate surface area is 155 Å². The van der Waals surface area contributed by atoms with Gasteiger partial charge in [-0.15, -0.1) is 0 Å². The minimum Gasteiger partial charge on any atom is -0.462 e. The topological polar surface area (TPSA) is 89.8 Å². The Bertz CT molecular complexity index is 836. The predicted octanol–water partition coefficient (Wildman–Crippen LogP) is 3.70. The van der Waals surface area contributed by atoms with Gasteiger partial charge in [0.2, 0.25) is 0 Å². The second-order valence-electron chi connectivity index (χ2n) is 5.53. The standard InChI is InChI=1S/C18H17ClN2O5/c1-3-26-18(23)14-8-13(9-16(10-14)21(24)25)17(22)20(2)11-12-4-6-15(19)7-5-12/h4-10H,3,11H2,1-2H3. The molecule has 0 N–H and O–H groups in total. The molecule has 0 heterocycles. The molecule has 0 unspecified atom stereocenters. The molecule has 0 saturated carbocycles. The summed E-state index contributed by atoms with van der Waals surface area (Å²) in [5.74, 6) is -1.17. The quantitative estimate of drug-likeness (QED) is 0.435. The van der Waals surface area contributed by atoms with Crippen molar-refractivity contribution in [2.24, 2.45) is 0 Å². The molecule has 2 aromatic carbocycles. The van der Waals surface area contributed by atoms with Gasteiger partial charge in [-0.2, -0.15) is 0 Å². The molecule has 0 aliphatic rings. The average molecular weight is 377 g/mol. The number of esters is 1. The van der Waals surface area contributed by atoms with Gasteiger partial charge >= 0.3 is 5.97 Å². The summed E-state index contributed by atoms with van der Waals surface area (Å²) in [5.41, 5.74) is 0.503. The lowest BCUT2D eigenvalue weighted by molar-refractivity contribution is -0.384. The smallest absolute Gasteiger partial charge is 0.338 e. The molecule has 7 nitrogen and oxygen atoms in total. The molecule has 136 valence electrons. The van der Waals surface area contributed by atoms with E-state index in [4.69, 9.17) is 16.3 Å². The fourth-order valence-electron chi connectivity index (χ4n) is 2.33. The molecule has 0 radical (unpaired) electrons. The first-order valence-corrected chi connectivity index (χ1v) is 8.16. The van der Waals surface area contributed by atoms with Gasteiger partial charge in [-0.1, -0.05) is 23.7 Å². The van der Waals surface area contributed by atoms with Crippen LogP contribution in [0.1, 0.15) is 33.2 Å². The number of amides is 1. The van der Waals surface area contributed by atoms with E-state index in [1.807, 2.05) is 0 Å². The van der Waals surface area contributed by atoms with Crippen LogP contribution in [-0.2, 0) is 11.3 Å². The molecule has 0 aliphatic carbocycles. The molecular weight excluding hydrogens is 360 g/mol. The van der Waals surface area contributed by atoms with Gasteiger partial charge in [-0.05, 0) is 30.7 Å². The molecule has 0 atom stereocenters. The summed E-state index contributed by atoms with van der Waals surface area (Å²) in [6, 6.07) is 10.5. The SMILES string of the molecule is CCOC(=O)c1cc(C(=O)N(C)Cc2ccc(Cl)cc2)cc([N+](=O)[O-])c1. The number of carbonyl (C=O) groups excluding carboxylic acids is 2. The molecule has 0 bridgehead atoms. The van der Waals surface area contributed by atoms with Crippen LogP contribution in [0.5, 0.6) is 0 Å². The van der Waals surface area contributed by atoms with Crippen LogP contribution >= 0.6 is 11.6 Å². The van der Waals surface area contributed by atoms with E-state index < -0.39 is 16.8 Å². The monoisotopic (exact) mass is 376 g/mol. The minimum atomic E-state index is -0.717. The van der Waals surface area contributed by atoms with Crippen molar-refractivity contribution in [2.75, 3.05) is 13.7 Å². The van der Waals surface area contributed by atoms with Crippen LogP contribution in [0.4, 0.5) is 5.69 Å². The van der Waals surface area contributed by atoms with Crippen LogP contribution in [0.15, 0.2) is 42.5 Å². The van der Waals surface area contributed by atoms with Gasteiger partial charge < -0.3 is 9.64 Å². The Morgan fingerprint density at radius 1 is 1.15 bits per heavy atom. The third-order valence-corrected chi connectivity index (χ3v) is 3.82. The number of nitro groups is 1.